The summed E-state index contributed by atoms with van der Waals surface area (Å²) in [6.45, 7) is 4.54. The van der Waals surface area contributed by atoms with Crippen LogP contribution < -0.4 is 26.8 Å². The summed E-state index contributed by atoms with van der Waals surface area (Å²) < 4.78 is 5.44. The second-order valence-corrected chi connectivity index (χ2v) is 7.28. The predicted octanol–water partition coefficient (Wildman–Crippen LogP) is 1.66. The molecule has 0 bridgehead atoms. The van der Waals surface area contributed by atoms with E-state index in [4.69, 9.17) is 38.9 Å². The monoisotopic (exact) mass is 390 g/mol. The number of nitrogen functional groups attached to an aromatic ring is 2. The Kier molecular flexibility index (Phi) is 5.33. The lowest BCUT2D eigenvalue weighted by atomic mass is 9.80. The van der Waals surface area contributed by atoms with Crippen LogP contribution in [-0.4, -0.2) is 40.5 Å². The van der Waals surface area contributed by atoms with Crippen molar-refractivity contribution in [3.63, 3.8) is 0 Å². The maximum absolute atomic E-state index is 8.11. The van der Waals surface area contributed by atoms with E-state index >= 15 is 0 Å². The summed E-state index contributed by atoms with van der Waals surface area (Å²) in [6, 6.07) is 1.51. The van der Waals surface area contributed by atoms with Crippen molar-refractivity contribution in [1.29, 1.82) is 5.41 Å². The Balaban J connectivity index is 1.73. The number of nitrogens with zero attached hydrogens (tertiary/aromatic N) is 4. The lowest BCUT2D eigenvalue weighted by molar-refractivity contribution is 0.258. The third-order valence-corrected chi connectivity index (χ3v) is 5.26. The van der Waals surface area contributed by atoms with Crippen LogP contribution in [0.2, 0.25) is 5.02 Å². The minimum atomic E-state index is -0.270. The Morgan fingerprint density at radius 3 is 2.63 bits per heavy atom. The van der Waals surface area contributed by atoms with E-state index in [0.717, 1.165) is 25.9 Å². The lowest BCUT2D eigenvalue weighted by Gasteiger charge is -2.39. The Bertz CT molecular complexity index is 851. The number of hydrogen-bond donors (Lipinski definition) is 4. The average molecular weight is 391 g/mol. The molecule has 0 saturated carbocycles. The quantitative estimate of drug-likeness (QED) is 0.454. The number of anilines is 3. The van der Waals surface area contributed by atoms with Crippen LogP contribution in [0.15, 0.2) is 18.5 Å². The first-order chi connectivity index (χ1) is 12.8. The fourth-order valence-corrected chi connectivity index (χ4v) is 3.03. The first-order valence-electron chi connectivity index (χ1n) is 8.57. The van der Waals surface area contributed by atoms with Gasteiger partial charge in [0.1, 0.15) is 16.7 Å². The SMILES string of the molecule is CC1(CN)CCN(c2cnc(C(=N)Oc3ccnc(N)c3Cl)c(N)n2)CC1. The van der Waals surface area contributed by atoms with Crippen molar-refractivity contribution in [2.24, 2.45) is 11.1 Å². The number of piperidine rings is 1. The third-order valence-electron chi connectivity index (χ3n) is 4.88. The van der Waals surface area contributed by atoms with Crippen LogP contribution in [-0.2, 0) is 0 Å². The molecule has 0 spiro atoms. The summed E-state index contributed by atoms with van der Waals surface area (Å²) >= 11 is 6.03. The zero-order valence-corrected chi connectivity index (χ0v) is 15.8. The normalized spacial score (nSPS) is 16.2. The van der Waals surface area contributed by atoms with Gasteiger partial charge in [-0.25, -0.2) is 15.0 Å². The predicted molar refractivity (Wildman–Crippen MR) is 106 cm³/mol. The molecule has 3 heterocycles. The number of aromatic nitrogens is 3. The number of nitrogens with two attached hydrogens (primary N) is 3. The third kappa shape index (κ3) is 4.04. The summed E-state index contributed by atoms with van der Waals surface area (Å²) in [5.74, 6) is 0.841. The molecule has 0 aromatic carbocycles. The van der Waals surface area contributed by atoms with E-state index in [9.17, 15) is 0 Å². The number of halogens is 1. The van der Waals surface area contributed by atoms with Crippen molar-refractivity contribution < 1.29 is 4.74 Å². The molecule has 7 N–H and O–H groups in total. The molecule has 1 aliphatic heterocycles. The highest BCUT2D eigenvalue weighted by molar-refractivity contribution is 6.34. The smallest absolute Gasteiger partial charge is 0.241 e. The highest BCUT2D eigenvalue weighted by Crippen LogP contribution is 2.32. The molecular weight excluding hydrogens is 368 g/mol. The van der Waals surface area contributed by atoms with Crippen LogP contribution in [0.3, 0.4) is 0 Å². The van der Waals surface area contributed by atoms with Crippen LogP contribution in [0.5, 0.6) is 5.75 Å². The minimum absolute atomic E-state index is 0.114. The molecule has 1 fully saturated rings. The van der Waals surface area contributed by atoms with Gasteiger partial charge in [0, 0.05) is 25.4 Å². The fourth-order valence-electron chi connectivity index (χ4n) is 2.88. The highest BCUT2D eigenvalue weighted by Gasteiger charge is 2.29. The molecule has 2 aromatic rings. The number of nitrogens with one attached hydrogen (secondary N) is 1. The molecule has 3 rings (SSSR count). The minimum Gasteiger partial charge on any atom is -0.436 e. The van der Waals surface area contributed by atoms with Crippen LogP contribution in [0, 0.1) is 10.8 Å². The van der Waals surface area contributed by atoms with Crippen molar-refractivity contribution in [3.8, 4) is 5.75 Å². The van der Waals surface area contributed by atoms with Gasteiger partial charge in [-0.2, -0.15) is 0 Å². The molecule has 0 radical (unpaired) electrons. The lowest BCUT2D eigenvalue weighted by Crippen LogP contribution is -2.42. The van der Waals surface area contributed by atoms with E-state index in [0.29, 0.717) is 12.4 Å². The molecule has 9 nitrogen and oxygen atoms in total. The van der Waals surface area contributed by atoms with E-state index in [1.54, 1.807) is 6.20 Å². The molecular formula is C17H23ClN8O. The topological polar surface area (TPSA) is 153 Å². The van der Waals surface area contributed by atoms with Gasteiger partial charge in [-0.1, -0.05) is 18.5 Å². The van der Waals surface area contributed by atoms with Crippen molar-refractivity contribution in [1.82, 2.24) is 15.0 Å². The van der Waals surface area contributed by atoms with Gasteiger partial charge in [-0.3, -0.25) is 5.41 Å². The molecule has 0 aliphatic carbocycles. The molecule has 1 saturated heterocycles. The second-order valence-electron chi connectivity index (χ2n) is 6.90. The van der Waals surface area contributed by atoms with Gasteiger partial charge in [0.05, 0.1) is 6.20 Å². The summed E-state index contributed by atoms with van der Waals surface area (Å²) in [5, 5.41) is 8.24. The standard InChI is InChI=1S/C17H23ClN8O/c1-17(9-19)3-6-26(7-4-17)11-8-24-13(15(21)25-11)16(22)27-10-2-5-23-14(20)12(10)18/h2,5,8,22H,3-4,6-7,9,19H2,1H3,(H2,20,23)(H2,21,25). The molecule has 2 aromatic heterocycles. The maximum atomic E-state index is 8.11. The molecule has 0 atom stereocenters. The largest absolute Gasteiger partial charge is 0.436 e. The number of ether oxygens (including phenoxy) is 1. The van der Waals surface area contributed by atoms with Crippen LogP contribution in [0.1, 0.15) is 25.5 Å². The second kappa shape index (κ2) is 7.53. The van der Waals surface area contributed by atoms with E-state index in [1.807, 2.05) is 0 Å². The van der Waals surface area contributed by atoms with E-state index in [1.165, 1.54) is 12.3 Å². The Morgan fingerprint density at radius 1 is 1.30 bits per heavy atom. The van der Waals surface area contributed by atoms with E-state index in [2.05, 4.69) is 26.8 Å². The Morgan fingerprint density at radius 2 is 2.00 bits per heavy atom. The zero-order valence-electron chi connectivity index (χ0n) is 15.1. The maximum Gasteiger partial charge on any atom is 0.241 e. The first kappa shape index (κ1) is 19.1. The molecule has 1 aliphatic rings. The van der Waals surface area contributed by atoms with Gasteiger partial charge in [-0.15, -0.1) is 0 Å². The highest BCUT2D eigenvalue weighted by atomic mass is 35.5. The molecule has 0 unspecified atom stereocenters. The number of pyridine rings is 1. The van der Waals surface area contributed by atoms with Crippen molar-refractivity contribution >= 4 is 35.0 Å². The summed E-state index contributed by atoms with van der Waals surface area (Å²) in [6.07, 6.45) is 4.99. The van der Waals surface area contributed by atoms with Crippen LogP contribution in [0.25, 0.3) is 0 Å². The number of rotatable bonds is 4. The molecule has 144 valence electrons. The van der Waals surface area contributed by atoms with Crippen molar-refractivity contribution in [2.75, 3.05) is 36.0 Å². The number of hydrogen-bond acceptors (Lipinski definition) is 9. The van der Waals surface area contributed by atoms with Gasteiger partial charge >= 0.3 is 0 Å². The summed E-state index contributed by atoms with van der Waals surface area (Å²) in [7, 11) is 0. The van der Waals surface area contributed by atoms with E-state index in [-0.39, 0.29) is 39.4 Å². The van der Waals surface area contributed by atoms with Crippen molar-refractivity contribution in [2.45, 2.75) is 19.8 Å². The molecule has 27 heavy (non-hydrogen) atoms. The fraction of sp³-hybridized carbons (Fsp3) is 0.412. The molecule has 10 heteroatoms. The molecule has 0 amide bonds. The Labute approximate surface area is 162 Å². The van der Waals surface area contributed by atoms with Crippen molar-refractivity contribution in [3.05, 3.63) is 29.2 Å². The van der Waals surface area contributed by atoms with Crippen LogP contribution >= 0.6 is 11.6 Å². The van der Waals surface area contributed by atoms with Gasteiger partial charge in [0.2, 0.25) is 5.90 Å². The average Bonchev–Trinajstić information content (AvgIpc) is 2.66. The summed E-state index contributed by atoms with van der Waals surface area (Å²) in [4.78, 5) is 14.6. The van der Waals surface area contributed by atoms with Gasteiger partial charge in [0.15, 0.2) is 17.3 Å². The first-order valence-corrected chi connectivity index (χ1v) is 8.95. The summed E-state index contributed by atoms with van der Waals surface area (Å²) in [5.41, 5.74) is 17.8. The van der Waals surface area contributed by atoms with Gasteiger partial charge in [-0.05, 0) is 24.8 Å². The van der Waals surface area contributed by atoms with Gasteiger partial charge in [0.25, 0.3) is 0 Å². The van der Waals surface area contributed by atoms with E-state index < -0.39 is 0 Å². The Hall–Kier alpha value is -2.65. The van der Waals surface area contributed by atoms with Gasteiger partial charge < -0.3 is 26.8 Å². The zero-order chi connectivity index (χ0) is 19.6. The van der Waals surface area contributed by atoms with Crippen LogP contribution in [0.4, 0.5) is 17.5 Å².